The molecule has 2 nitrogen and oxygen atoms in total. The lowest BCUT2D eigenvalue weighted by molar-refractivity contribution is 0.302. The molecule has 1 aliphatic carbocycles. The molecule has 0 saturated heterocycles. The zero-order valence-corrected chi connectivity index (χ0v) is 13.9. The molecule has 3 rings (SSSR count). The number of halogens is 1. The fourth-order valence-corrected chi connectivity index (χ4v) is 3.76. The van der Waals surface area contributed by atoms with Crippen LogP contribution < -0.4 is 10.1 Å². The number of benzene rings is 1. The Kier molecular flexibility index (Phi) is 4.53. The summed E-state index contributed by atoms with van der Waals surface area (Å²) in [6, 6.07) is 8.50. The van der Waals surface area contributed by atoms with Crippen molar-refractivity contribution in [1.29, 1.82) is 0 Å². The average Bonchev–Trinajstić information content (AvgIpc) is 3.24. The molecule has 0 spiro atoms. The third-order valence-electron chi connectivity index (χ3n) is 3.61. The first-order valence-corrected chi connectivity index (χ1v) is 8.68. The highest BCUT2D eigenvalue weighted by Crippen LogP contribution is 2.37. The van der Waals surface area contributed by atoms with Gasteiger partial charge in [-0.25, -0.2) is 0 Å². The lowest BCUT2D eigenvalue weighted by Crippen LogP contribution is -2.21. The van der Waals surface area contributed by atoms with Gasteiger partial charge in [-0.05, 0) is 54.9 Å². The van der Waals surface area contributed by atoms with Crippen LogP contribution in [-0.2, 0) is 0 Å². The van der Waals surface area contributed by atoms with Crippen molar-refractivity contribution in [1.82, 2.24) is 5.32 Å². The molecule has 1 atom stereocenters. The van der Waals surface area contributed by atoms with Crippen LogP contribution in [0.2, 0.25) is 5.02 Å². The third kappa shape index (κ3) is 3.42. The Hall–Kier alpha value is -1.03. The standard InChI is InChI=1S/C17H20ClNOS/c1-3-19-16(17-15(18)11(2)10-21-17)12-5-4-6-14(9-12)20-13-7-8-13/h4-6,9-10,13,16,19H,3,7-8H2,1-2H3. The Labute approximate surface area is 135 Å². The fraction of sp³-hybridized carbons (Fsp3) is 0.412. The van der Waals surface area contributed by atoms with E-state index in [0.29, 0.717) is 6.10 Å². The van der Waals surface area contributed by atoms with E-state index in [2.05, 4.69) is 42.7 Å². The van der Waals surface area contributed by atoms with Crippen molar-refractivity contribution in [3.05, 3.63) is 50.7 Å². The van der Waals surface area contributed by atoms with Crippen LogP contribution in [0.3, 0.4) is 0 Å². The van der Waals surface area contributed by atoms with Gasteiger partial charge in [-0.3, -0.25) is 0 Å². The van der Waals surface area contributed by atoms with Crippen LogP contribution in [0.1, 0.15) is 41.8 Å². The molecule has 0 radical (unpaired) electrons. The molecule has 0 bridgehead atoms. The number of hydrogen-bond donors (Lipinski definition) is 1. The van der Waals surface area contributed by atoms with Crippen molar-refractivity contribution in [2.24, 2.45) is 0 Å². The maximum atomic E-state index is 6.46. The minimum absolute atomic E-state index is 0.129. The minimum Gasteiger partial charge on any atom is -0.490 e. The monoisotopic (exact) mass is 321 g/mol. The Morgan fingerprint density at radius 3 is 2.86 bits per heavy atom. The molecule has 21 heavy (non-hydrogen) atoms. The zero-order valence-electron chi connectivity index (χ0n) is 12.4. The summed E-state index contributed by atoms with van der Waals surface area (Å²) >= 11 is 8.18. The second kappa shape index (κ2) is 6.39. The van der Waals surface area contributed by atoms with E-state index in [0.717, 1.165) is 22.9 Å². The second-order valence-corrected chi connectivity index (χ2v) is 6.77. The molecular weight excluding hydrogens is 302 g/mol. The molecule has 1 aromatic heterocycles. The van der Waals surface area contributed by atoms with Crippen LogP contribution in [0.25, 0.3) is 0 Å². The predicted molar refractivity (Wildman–Crippen MR) is 89.7 cm³/mol. The zero-order chi connectivity index (χ0) is 14.8. The summed E-state index contributed by atoms with van der Waals surface area (Å²) < 4.78 is 5.91. The molecule has 1 N–H and O–H groups in total. The number of aryl methyl sites for hydroxylation is 1. The predicted octanol–water partition coefficient (Wildman–Crippen LogP) is 4.95. The molecule has 1 saturated carbocycles. The second-order valence-electron chi connectivity index (χ2n) is 5.48. The van der Waals surface area contributed by atoms with Gasteiger partial charge in [0, 0.05) is 4.88 Å². The van der Waals surface area contributed by atoms with Crippen molar-refractivity contribution >= 4 is 22.9 Å². The highest BCUT2D eigenvalue weighted by atomic mass is 35.5. The molecular formula is C17H20ClNOS. The summed E-state index contributed by atoms with van der Waals surface area (Å²) in [6.45, 7) is 5.07. The van der Waals surface area contributed by atoms with Crippen molar-refractivity contribution in [3.63, 3.8) is 0 Å². The topological polar surface area (TPSA) is 21.3 Å². The first-order chi connectivity index (χ1) is 10.2. The van der Waals surface area contributed by atoms with Gasteiger partial charge in [0.2, 0.25) is 0 Å². The van der Waals surface area contributed by atoms with Crippen molar-refractivity contribution in [3.8, 4) is 5.75 Å². The number of rotatable bonds is 6. The van der Waals surface area contributed by atoms with Crippen molar-refractivity contribution < 1.29 is 4.74 Å². The number of nitrogens with one attached hydrogen (secondary N) is 1. The Bertz CT molecular complexity index is 621. The van der Waals surface area contributed by atoms with E-state index in [1.54, 1.807) is 11.3 Å². The largest absolute Gasteiger partial charge is 0.490 e. The first-order valence-electron chi connectivity index (χ1n) is 7.42. The summed E-state index contributed by atoms with van der Waals surface area (Å²) in [7, 11) is 0. The van der Waals surface area contributed by atoms with E-state index < -0.39 is 0 Å². The Morgan fingerprint density at radius 2 is 2.24 bits per heavy atom. The number of thiophene rings is 1. The fourth-order valence-electron chi connectivity index (χ4n) is 2.36. The summed E-state index contributed by atoms with van der Waals surface area (Å²) in [4.78, 5) is 1.18. The smallest absolute Gasteiger partial charge is 0.120 e. The van der Waals surface area contributed by atoms with Crippen LogP contribution in [0.15, 0.2) is 29.6 Å². The van der Waals surface area contributed by atoms with Crippen LogP contribution in [0.5, 0.6) is 5.75 Å². The summed E-state index contributed by atoms with van der Waals surface area (Å²) in [5.41, 5.74) is 2.35. The van der Waals surface area contributed by atoms with E-state index in [4.69, 9.17) is 16.3 Å². The van der Waals surface area contributed by atoms with Crippen molar-refractivity contribution in [2.45, 2.75) is 38.8 Å². The highest BCUT2D eigenvalue weighted by Gasteiger charge is 2.24. The molecule has 1 fully saturated rings. The van der Waals surface area contributed by atoms with Crippen LogP contribution >= 0.6 is 22.9 Å². The van der Waals surface area contributed by atoms with E-state index >= 15 is 0 Å². The number of hydrogen-bond acceptors (Lipinski definition) is 3. The lowest BCUT2D eigenvalue weighted by Gasteiger charge is -2.19. The van der Waals surface area contributed by atoms with Gasteiger partial charge in [0.25, 0.3) is 0 Å². The molecule has 1 unspecified atom stereocenters. The van der Waals surface area contributed by atoms with E-state index in [9.17, 15) is 0 Å². The highest BCUT2D eigenvalue weighted by molar-refractivity contribution is 7.10. The average molecular weight is 322 g/mol. The first kappa shape index (κ1) is 14.9. The summed E-state index contributed by atoms with van der Waals surface area (Å²) in [5.74, 6) is 0.960. The van der Waals surface area contributed by atoms with E-state index in [-0.39, 0.29) is 6.04 Å². The molecule has 4 heteroatoms. The molecule has 2 aromatic rings. The SMILES string of the molecule is CCNC(c1cccc(OC2CC2)c1)c1scc(C)c1Cl. The summed E-state index contributed by atoms with van der Waals surface area (Å²) in [6.07, 6.45) is 2.78. The molecule has 112 valence electrons. The molecule has 0 amide bonds. The van der Waals surface area contributed by atoms with Gasteiger partial charge in [0.1, 0.15) is 5.75 Å². The van der Waals surface area contributed by atoms with E-state index in [1.165, 1.54) is 23.3 Å². The molecule has 0 aliphatic heterocycles. The Morgan fingerprint density at radius 1 is 1.43 bits per heavy atom. The normalized spacial score (nSPS) is 16.0. The van der Waals surface area contributed by atoms with Gasteiger partial charge in [-0.2, -0.15) is 0 Å². The van der Waals surface area contributed by atoms with E-state index in [1.807, 2.05) is 6.07 Å². The van der Waals surface area contributed by atoms with Gasteiger partial charge >= 0.3 is 0 Å². The third-order valence-corrected chi connectivity index (χ3v) is 5.39. The van der Waals surface area contributed by atoms with Gasteiger partial charge in [0.05, 0.1) is 17.2 Å². The maximum absolute atomic E-state index is 6.46. The van der Waals surface area contributed by atoms with Gasteiger partial charge in [-0.1, -0.05) is 30.7 Å². The van der Waals surface area contributed by atoms with Gasteiger partial charge in [-0.15, -0.1) is 11.3 Å². The van der Waals surface area contributed by atoms with Gasteiger partial charge < -0.3 is 10.1 Å². The maximum Gasteiger partial charge on any atom is 0.120 e. The summed E-state index contributed by atoms with van der Waals surface area (Å²) in [5, 5.41) is 6.53. The van der Waals surface area contributed by atoms with Crippen LogP contribution in [-0.4, -0.2) is 12.6 Å². The minimum atomic E-state index is 0.129. The van der Waals surface area contributed by atoms with Crippen LogP contribution in [0.4, 0.5) is 0 Å². The lowest BCUT2D eigenvalue weighted by atomic mass is 10.0. The van der Waals surface area contributed by atoms with Crippen molar-refractivity contribution in [2.75, 3.05) is 6.54 Å². The number of ether oxygens (including phenoxy) is 1. The molecule has 1 aromatic carbocycles. The molecule has 1 aliphatic rings. The van der Waals surface area contributed by atoms with Gasteiger partial charge in [0.15, 0.2) is 0 Å². The van der Waals surface area contributed by atoms with Crippen LogP contribution in [0, 0.1) is 6.92 Å². The quantitative estimate of drug-likeness (QED) is 0.812. The molecule has 1 heterocycles. The Balaban J connectivity index is 1.90.